The molecule has 0 saturated heterocycles. The van der Waals surface area contributed by atoms with Crippen molar-refractivity contribution < 1.29 is 8.42 Å². The second-order valence-electron chi connectivity index (χ2n) is 4.34. The quantitative estimate of drug-likeness (QED) is 0.853. The number of sulfone groups is 1. The zero-order valence-electron chi connectivity index (χ0n) is 10.6. The zero-order valence-corrected chi connectivity index (χ0v) is 11.4. The average Bonchev–Trinajstić information content (AvgIpc) is 2.37. The predicted molar refractivity (Wildman–Crippen MR) is 75.7 cm³/mol. The van der Waals surface area contributed by atoms with Crippen LogP contribution in [0.4, 0.5) is 5.69 Å². The van der Waals surface area contributed by atoms with Crippen molar-refractivity contribution >= 4 is 26.3 Å². The highest BCUT2D eigenvalue weighted by Crippen LogP contribution is 2.30. The molecule has 0 aliphatic heterocycles. The van der Waals surface area contributed by atoms with Crippen LogP contribution in [0.5, 0.6) is 0 Å². The van der Waals surface area contributed by atoms with Gasteiger partial charge < -0.3 is 4.90 Å². The number of anilines is 1. The van der Waals surface area contributed by atoms with Crippen LogP contribution >= 0.6 is 0 Å². The first-order chi connectivity index (χ1) is 8.47. The highest BCUT2D eigenvalue weighted by molar-refractivity contribution is 7.91. The number of fused-ring (bicyclic) bond motifs is 1. The van der Waals surface area contributed by atoms with E-state index in [1.165, 1.54) is 0 Å². The SMILES string of the molecule is [CH2]CS(=O)(=O)c1cccc2c(N(C)C)cccc12. The maximum absolute atomic E-state index is 12.0. The van der Waals surface area contributed by atoms with Crippen LogP contribution in [0.25, 0.3) is 10.8 Å². The number of hydrogen-bond donors (Lipinski definition) is 0. The second-order valence-corrected chi connectivity index (χ2v) is 6.42. The van der Waals surface area contributed by atoms with Gasteiger partial charge in [0, 0.05) is 30.6 Å². The molecule has 1 radical (unpaired) electrons. The van der Waals surface area contributed by atoms with Gasteiger partial charge in [-0.15, -0.1) is 0 Å². The molecule has 0 bridgehead atoms. The first-order valence-electron chi connectivity index (χ1n) is 5.68. The van der Waals surface area contributed by atoms with Crippen LogP contribution in [0.2, 0.25) is 0 Å². The van der Waals surface area contributed by atoms with Crippen LogP contribution in [-0.2, 0) is 9.84 Å². The van der Waals surface area contributed by atoms with Crippen molar-refractivity contribution in [1.82, 2.24) is 0 Å². The average molecular weight is 262 g/mol. The van der Waals surface area contributed by atoms with E-state index in [9.17, 15) is 8.42 Å². The molecule has 0 saturated carbocycles. The second kappa shape index (κ2) is 4.61. The lowest BCUT2D eigenvalue weighted by molar-refractivity contribution is 0.599. The molecule has 2 aromatic carbocycles. The van der Waals surface area contributed by atoms with Crippen LogP contribution in [0.15, 0.2) is 41.3 Å². The van der Waals surface area contributed by atoms with Crippen LogP contribution in [-0.4, -0.2) is 28.3 Å². The van der Waals surface area contributed by atoms with Crippen LogP contribution < -0.4 is 4.90 Å². The number of benzene rings is 2. The lowest BCUT2D eigenvalue weighted by Gasteiger charge is -2.16. The highest BCUT2D eigenvalue weighted by Gasteiger charge is 2.16. The molecule has 0 heterocycles. The first-order valence-corrected chi connectivity index (χ1v) is 7.33. The highest BCUT2D eigenvalue weighted by atomic mass is 32.2. The molecule has 0 unspecified atom stereocenters. The third-order valence-electron chi connectivity index (χ3n) is 2.94. The molecule has 2 rings (SSSR count). The molecule has 0 aromatic heterocycles. The van der Waals surface area contributed by atoms with Gasteiger partial charge in [-0.1, -0.05) is 24.3 Å². The van der Waals surface area contributed by atoms with Crippen molar-refractivity contribution in [3.63, 3.8) is 0 Å². The summed E-state index contributed by atoms with van der Waals surface area (Å²) in [7, 11) is 0.587. The van der Waals surface area contributed by atoms with Gasteiger partial charge in [-0.25, -0.2) is 8.42 Å². The molecular formula is C14H16NO2S. The van der Waals surface area contributed by atoms with Crippen LogP contribution in [0.1, 0.15) is 0 Å². The fraction of sp³-hybridized carbons (Fsp3) is 0.214. The number of hydrogen-bond acceptors (Lipinski definition) is 3. The Kier molecular flexibility index (Phi) is 3.30. The Bertz CT molecular complexity index is 675. The summed E-state index contributed by atoms with van der Waals surface area (Å²) in [6.45, 7) is 3.50. The van der Waals surface area contributed by atoms with E-state index >= 15 is 0 Å². The Morgan fingerprint density at radius 1 is 1.06 bits per heavy atom. The molecular weight excluding hydrogens is 246 g/mol. The molecule has 3 nitrogen and oxygen atoms in total. The Morgan fingerprint density at radius 2 is 1.67 bits per heavy atom. The molecule has 18 heavy (non-hydrogen) atoms. The molecule has 95 valence electrons. The third kappa shape index (κ3) is 2.08. The van der Waals surface area contributed by atoms with Gasteiger partial charge in [0.2, 0.25) is 0 Å². The molecule has 4 heteroatoms. The van der Waals surface area contributed by atoms with Crippen LogP contribution in [0.3, 0.4) is 0 Å². The Balaban J connectivity index is 2.84. The summed E-state index contributed by atoms with van der Waals surface area (Å²) >= 11 is 0. The minimum absolute atomic E-state index is 0.127. The topological polar surface area (TPSA) is 37.4 Å². The van der Waals surface area contributed by atoms with E-state index in [1.54, 1.807) is 12.1 Å². The Morgan fingerprint density at radius 3 is 2.28 bits per heavy atom. The summed E-state index contributed by atoms with van der Waals surface area (Å²) in [6.07, 6.45) is 0. The van der Waals surface area contributed by atoms with Gasteiger partial charge in [-0.3, -0.25) is 0 Å². The van der Waals surface area contributed by atoms with Gasteiger partial charge in [-0.2, -0.15) is 0 Å². The molecule has 0 atom stereocenters. The standard InChI is InChI=1S/C14H16NO2S/c1-4-18(16,17)14-10-6-7-11-12(14)8-5-9-13(11)15(2)3/h5-10H,1,4H2,2-3H3. The molecule has 0 aliphatic rings. The van der Waals surface area contributed by atoms with Crippen molar-refractivity contribution in [3.05, 3.63) is 43.3 Å². The van der Waals surface area contributed by atoms with E-state index < -0.39 is 9.84 Å². The molecule has 0 amide bonds. The lowest BCUT2D eigenvalue weighted by Crippen LogP contribution is -2.10. The molecule has 0 spiro atoms. The fourth-order valence-electron chi connectivity index (χ4n) is 2.04. The molecule has 0 fully saturated rings. The number of rotatable bonds is 3. The van der Waals surface area contributed by atoms with Crippen molar-refractivity contribution in [2.24, 2.45) is 0 Å². The Hall–Kier alpha value is -1.55. The summed E-state index contributed by atoms with van der Waals surface area (Å²) in [4.78, 5) is 2.34. The summed E-state index contributed by atoms with van der Waals surface area (Å²) in [5.74, 6) is -0.127. The Labute approximate surface area is 108 Å². The normalized spacial score (nSPS) is 11.7. The zero-order chi connectivity index (χ0) is 13.3. The van der Waals surface area contributed by atoms with Gasteiger partial charge in [-0.05, 0) is 19.1 Å². The summed E-state index contributed by atoms with van der Waals surface area (Å²) in [5, 5.41) is 1.70. The van der Waals surface area contributed by atoms with E-state index in [4.69, 9.17) is 0 Å². The monoisotopic (exact) mass is 262 g/mol. The van der Waals surface area contributed by atoms with E-state index in [0.717, 1.165) is 16.5 Å². The van der Waals surface area contributed by atoms with E-state index in [0.29, 0.717) is 4.90 Å². The fourth-order valence-corrected chi connectivity index (χ4v) is 3.05. The van der Waals surface area contributed by atoms with Crippen molar-refractivity contribution in [1.29, 1.82) is 0 Å². The molecule has 0 N–H and O–H groups in total. The van der Waals surface area contributed by atoms with Gasteiger partial charge in [0.05, 0.1) is 10.6 Å². The maximum Gasteiger partial charge on any atom is 0.178 e. The van der Waals surface area contributed by atoms with Crippen molar-refractivity contribution in [3.8, 4) is 0 Å². The van der Waals surface area contributed by atoms with Crippen molar-refractivity contribution in [2.75, 3.05) is 24.7 Å². The van der Waals surface area contributed by atoms with Gasteiger partial charge in [0.1, 0.15) is 0 Å². The van der Waals surface area contributed by atoms with E-state index in [2.05, 4.69) is 6.92 Å². The van der Waals surface area contributed by atoms with Crippen LogP contribution in [0, 0.1) is 6.92 Å². The third-order valence-corrected chi connectivity index (χ3v) is 4.51. The van der Waals surface area contributed by atoms with Gasteiger partial charge >= 0.3 is 0 Å². The molecule has 0 aliphatic carbocycles. The number of nitrogens with zero attached hydrogens (tertiary/aromatic N) is 1. The first kappa shape index (κ1) is 12.9. The van der Waals surface area contributed by atoms with Gasteiger partial charge in [0.25, 0.3) is 0 Å². The minimum atomic E-state index is -3.30. The maximum atomic E-state index is 12.0. The van der Waals surface area contributed by atoms with Crippen molar-refractivity contribution in [2.45, 2.75) is 4.90 Å². The summed E-state index contributed by atoms with van der Waals surface area (Å²) in [5.41, 5.74) is 1.01. The predicted octanol–water partition coefficient (Wildman–Crippen LogP) is 2.51. The lowest BCUT2D eigenvalue weighted by atomic mass is 10.1. The smallest absolute Gasteiger partial charge is 0.178 e. The van der Waals surface area contributed by atoms with E-state index in [1.807, 2.05) is 43.3 Å². The summed E-state index contributed by atoms with van der Waals surface area (Å²) < 4.78 is 24.0. The van der Waals surface area contributed by atoms with Gasteiger partial charge in [0.15, 0.2) is 9.84 Å². The largest absolute Gasteiger partial charge is 0.377 e. The minimum Gasteiger partial charge on any atom is -0.377 e. The molecule has 2 aromatic rings. The van der Waals surface area contributed by atoms with E-state index in [-0.39, 0.29) is 5.75 Å². The summed E-state index contributed by atoms with van der Waals surface area (Å²) in [6, 6.07) is 11.0.